The van der Waals surface area contributed by atoms with Gasteiger partial charge in [0.05, 0.1) is 0 Å². The van der Waals surface area contributed by atoms with Crippen molar-refractivity contribution in [2.45, 2.75) is 73.1 Å². The van der Waals surface area contributed by atoms with Gasteiger partial charge in [0.15, 0.2) is 0 Å². The molecule has 0 aliphatic carbocycles. The minimum absolute atomic E-state index is 0.151. The number of hydrogen-bond acceptors (Lipinski definition) is 3. The highest BCUT2D eigenvalue weighted by Crippen LogP contribution is 2.23. The number of aryl methyl sites for hydroxylation is 3. The Morgan fingerprint density at radius 3 is 2.13 bits per heavy atom. The molecule has 0 aliphatic heterocycles. The monoisotopic (exact) mass is 320 g/mol. The second-order valence-electron chi connectivity index (χ2n) is 7.48. The van der Waals surface area contributed by atoms with Crippen molar-refractivity contribution in [2.75, 3.05) is 6.54 Å². The topological polar surface area (TPSA) is 50.4 Å². The Labute approximate surface area is 141 Å². The fourth-order valence-electron chi connectivity index (χ4n) is 2.99. The lowest BCUT2D eigenvalue weighted by Crippen LogP contribution is -2.42. The Morgan fingerprint density at radius 1 is 1.13 bits per heavy atom. The molecule has 1 amide bonds. The Morgan fingerprint density at radius 2 is 1.65 bits per heavy atom. The van der Waals surface area contributed by atoms with Crippen molar-refractivity contribution in [1.29, 1.82) is 0 Å². The van der Waals surface area contributed by atoms with Gasteiger partial charge in [-0.25, -0.2) is 4.79 Å². The Kier molecular flexibility index (Phi) is 6.63. The first-order valence-electron chi connectivity index (χ1n) is 8.30. The van der Waals surface area contributed by atoms with Gasteiger partial charge >= 0.3 is 6.09 Å². The number of carbonyl (C=O) groups is 1. The third kappa shape index (κ3) is 6.61. The van der Waals surface area contributed by atoms with Gasteiger partial charge in [-0.3, -0.25) is 0 Å². The average Bonchev–Trinajstić information content (AvgIpc) is 2.32. The van der Waals surface area contributed by atoms with Crippen molar-refractivity contribution in [3.63, 3.8) is 0 Å². The number of alkyl carbamates (subject to hydrolysis) is 1. The van der Waals surface area contributed by atoms with Crippen LogP contribution in [0.25, 0.3) is 0 Å². The van der Waals surface area contributed by atoms with E-state index < -0.39 is 5.60 Å². The van der Waals surface area contributed by atoms with E-state index in [4.69, 9.17) is 4.74 Å². The molecule has 2 unspecified atom stereocenters. The maximum Gasteiger partial charge on any atom is 0.407 e. The summed E-state index contributed by atoms with van der Waals surface area (Å²) < 4.78 is 5.25. The van der Waals surface area contributed by atoms with Gasteiger partial charge in [-0.15, -0.1) is 0 Å². The van der Waals surface area contributed by atoms with E-state index in [-0.39, 0.29) is 18.2 Å². The van der Waals surface area contributed by atoms with Crippen LogP contribution in [0.1, 0.15) is 62.9 Å². The van der Waals surface area contributed by atoms with Crippen LogP contribution in [0.5, 0.6) is 0 Å². The number of amides is 1. The van der Waals surface area contributed by atoms with E-state index >= 15 is 0 Å². The fourth-order valence-corrected chi connectivity index (χ4v) is 2.99. The molecule has 0 aliphatic rings. The third-order valence-corrected chi connectivity index (χ3v) is 3.66. The molecule has 1 rings (SSSR count). The summed E-state index contributed by atoms with van der Waals surface area (Å²) in [4.78, 5) is 11.7. The zero-order chi connectivity index (χ0) is 17.8. The van der Waals surface area contributed by atoms with Gasteiger partial charge in [-0.1, -0.05) is 17.7 Å². The minimum Gasteiger partial charge on any atom is -0.444 e. The first-order chi connectivity index (χ1) is 10.5. The Balaban J connectivity index is 2.58. The van der Waals surface area contributed by atoms with Crippen molar-refractivity contribution in [3.05, 3.63) is 34.4 Å². The second-order valence-corrected chi connectivity index (χ2v) is 7.48. The van der Waals surface area contributed by atoms with E-state index in [1.165, 1.54) is 22.3 Å². The summed E-state index contributed by atoms with van der Waals surface area (Å²) >= 11 is 0. The highest BCUT2D eigenvalue weighted by atomic mass is 16.6. The Hall–Kier alpha value is -1.55. The molecule has 0 aromatic heterocycles. The van der Waals surface area contributed by atoms with Crippen LogP contribution in [-0.4, -0.2) is 24.3 Å². The molecule has 23 heavy (non-hydrogen) atoms. The zero-order valence-electron chi connectivity index (χ0n) is 15.8. The summed E-state index contributed by atoms with van der Waals surface area (Å²) in [5, 5.41) is 6.36. The number of rotatable bonds is 5. The van der Waals surface area contributed by atoms with Crippen molar-refractivity contribution in [1.82, 2.24) is 10.6 Å². The van der Waals surface area contributed by atoms with E-state index in [9.17, 15) is 4.79 Å². The number of hydrogen-bond donors (Lipinski definition) is 2. The standard InChI is InChI=1S/C19H32N2O2/c1-12-9-13(2)17(14(3)10-12)16(5)21-15(4)11-20-18(22)23-19(6,7)8/h9-10,15-16,21H,11H2,1-8H3,(H,20,22). The van der Waals surface area contributed by atoms with E-state index in [0.717, 1.165) is 0 Å². The molecule has 0 fully saturated rings. The van der Waals surface area contributed by atoms with E-state index in [1.54, 1.807) is 0 Å². The molecule has 4 nitrogen and oxygen atoms in total. The molecular formula is C19H32N2O2. The van der Waals surface area contributed by atoms with Crippen molar-refractivity contribution >= 4 is 6.09 Å². The smallest absolute Gasteiger partial charge is 0.407 e. The first kappa shape index (κ1) is 19.5. The summed E-state index contributed by atoms with van der Waals surface area (Å²) in [6, 6.07) is 4.80. The lowest BCUT2D eigenvalue weighted by molar-refractivity contribution is 0.0522. The number of ether oxygens (including phenoxy) is 1. The molecule has 0 bridgehead atoms. The molecule has 0 heterocycles. The largest absolute Gasteiger partial charge is 0.444 e. The van der Waals surface area contributed by atoms with Crippen LogP contribution in [0.2, 0.25) is 0 Å². The highest BCUT2D eigenvalue weighted by Gasteiger charge is 2.18. The number of benzene rings is 1. The van der Waals surface area contributed by atoms with E-state index in [0.29, 0.717) is 6.54 Å². The molecule has 0 spiro atoms. The van der Waals surface area contributed by atoms with Gasteiger partial charge in [0.1, 0.15) is 5.60 Å². The molecule has 1 aromatic rings. The summed E-state index contributed by atoms with van der Waals surface area (Å²) in [7, 11) is 0. The van der Waals surface area contributed by atoms with Gasteiger partial charge in [0.25, 0.3) is 0 Å². The molecule has 0 saturated carbocycles. The second kappa shape index (κ2) is 7.82. The van der Waals surface area contributed by atoms with Crippen LogP contribution in [0.3, 0.4) is 0 Å². The predicted octanol–water partition coefficient (Wildman–Crippen LogP) is 4.18. The molecular weight excluding hydrogens is 288 g/mol. The first-order valence-corrected chi connectivity index (χ1v) is 8.30. The summed E-state index contributed by atoms with van der Waals surface area (Å²) in [5.74, 6) is 0. The maximum absolute atomic E-state index is 11.7. The molecule has 130 valence electrons. The summed E-state index contributed by atoms with van der Waals surface area (Å²) in [6.45, 7) is 16.8. The van der Waals surface area contributed by atoms with Gasteiger partial charge in [-0.05, 0) is 72.1 Å². The number of carbonyl (C=O) groups excluding carboxylic acids is 1. The lowest BCUT2D eigenvalue weighted by Gasteiger charge is -2.25. The number of nitrogens with one attached hydrogen (secondary N) is 2. The highest BCUT2D eigenvalue weighted by molar-refractivity contribution is 5.67. The fraction of sp³-hybridized carbons (Fsp3) is 0.632. The molecule has 1 aromatic carbocycles. The van der Waals surface area contributed by atoms with Crippen LogP contribution in [0.4, 0.5) is 4.79 Å². The summed E-state index contributed by atoms with van der Waals surface area (Å²) in [6.07, 6.45) is -0.374. The molecule has 0 saturated heterocycles. The summed E-state index contributed by atoms with van der Waals surface area (Å²) in [5.41, 5.74) is 4.75. The van der Waals surface area contributed by atoms with E-state index in [2.05, 4.69) is 57.4 Å². The zero-order valence-corrected chi connectivity index (χ0v) is 15.8. The minimum atomic E-state index is -0.468. The van der Waals surface area contributed by atoms with Crippen molar-refractivity contribution in [3.8, 4) is 0 Å². The predicted molar refractivity (Wildman–Crippen MR) is 95.9 cm³/mol. The van der Waals surface area contributed by atoms with Gasteiger partial charge in [-0.2, -0.15) is 0 Å². The Bertz CT molecular complexity index is 524. The third-order valence-electron chi connectivity index (χ3n) is 3.66. The molecule has 4 heteroatoms. The quantitative estimate of drug-likeness (QED) is 0.856. The van der Waals surface area contributed by atoms with Crippen molar-refractivity contribution < 1.29 is 9.53 Å². The van der Waals surface area contributed by atoms with Crippen LogP contribution < -0.4 is 10.6 Å². The molecule has 0 radical (unpaired) electrons. The van der Waals surface area contributed by atoms with Crippen LogP contribution in [0.15, 0.2) is 12.1 Å². The van der Waals surface area contributed by atoms with Crippen LogP contribution in [-0.2, 0) is 4.74 Å². The average molecular weight is 320 g/mol. The molecule has 2 N–H and O–H groups in total. The van der Waals surface area contributed by atoms with Crippen LogP contribution in [0, 0.1) is 20.8 Å². The van der Waals surface area contributed by atoms with Crippen LogP contribution >= 0.6 is 0 Å². The molecule has 2 atom stereocenters. The van der Waals surface area contributed by atoms with Crippen molar-refractivity contribution in [2.24, 2.45) is 0 Å². The normalized spacial score (nSPS) is 14.3. The SMILES string of the molecule is Cc1cc(C)c(C(C)NC(C)CNC(=O)OC(C)(C)C)c(C)c1. The van der Waals surface area contributed by atoms with Gasteiger partial charge in [0.2, 0.25) is 0 Å². The van der Waals surface area contributed by atoms with E-state index in [1.807, 2.05) is 20.8 Å². The van der Waals surface area contributed by atoms with Gasteiger partial charge < -0.3 is 15.4 Å². The lowest BCUT2D eigenvalue weighted by atomic mass is 9.94. The van der Waals surface area contributed by atoms with Gasteiger partial charge in [0, 0.05) is 18.6 Å². The maximum atomic E-state index is 11.7.